The number of carbonyl (C=O) groups excluding carboxylic acids is 1. The molecule has 2 amide bonds. The minimum atomic E-state index is -1.37. The van der Waals surface area contributed by atoms with Gasteiger partial charge in [0.15, 0.2) is 5.54 Å². The van der Waals surface area contributed by atoms with Gasteiger partial charge >= 0.3 is 12.0 Å². The predicted octanol–water partition coefficient (Wildman–Crippen LogP) is 1.82. The number of carboxylic acids is 1. The van der Waals surface area contributed by atoms with Gasteiger partial charge in [0.25, 0.3) is 0 Å². The SMILES string of the molecule is COc1cc(Br)cc(NC(=O)NC2(C(=O)O)CCOC2)c1. The van der Waals surface area contributed by atoms with Crippen LogP contribution in [0.5, 0.6) is 5.75 Å². The average molecular weight is 359 g/mol. The number of urea groups is 1. The molecule has 1 aliphatic heterocycles. The first-order valence-corrected chi connectivity index (χ1v) is 6.99. The Labute approximate surface area is 129 Å². The van der Waals surface area contributed by atoms with E-state index in [1.165, 1.54) is 7.11 Å². The summed E-state index contributed by atoms with van der Waals surface area (Å²) < 4.78 is 10.9. The Morgan fingerprint density at radius 1 is 1.43 bits per heavy atom. The van der Waals surface area contributed by atoms with Crippen molar-refractivity contribution in [2.75, 3.05) is 25.6 Å². The fourth-order valence-electron chi connectivity index (χ4n) is 2.02. The highest BCUT2D eigenvalue weighted by atomic mass is 79.9. The van der Waals surface area contributed by atoms with Crippen molar-refractivity contribution in [3.05, 3.63) is 22.7 Å². The molecule has 114 valence electrons. The van der Waals surface area contributed by atoms with Gasteiger partial charge in [-0.1, -0.05) is 15.9 Å². The summed E-state index contributed by atoms with van der Waals surface area (Å²) in [6, 6.07) is 4.44. The summed E-state index contributed by atoms with van der Waals surface area (Å²) in [7, 11) is 1.51. The number of carbonyl (C=O) groups is 2. The topological polar surface area (TPSA) is 96.9 Å². The van der Waals surface area contributed by atoms with E-state index >= 15 is 0 Å². The van der Waals surface area contributed by atoms with Crippen LogP contribution in [0.2, 0.25) is 0 Å². The van der Waals surface area contributed by atoms with Crippen molar-refractivity contribution in [3.8, 4) is 5.75 Å². The number of rotatable bonds is 4. The number of aliphatic carboxylic acids is 1. The first-order chi connectivity index (χ1) is 9.95. The molecule has 1 aromatic rings. The van der Waals surface area contributed by atoms with E-state index in [0.717, 1.165) is 4.47 Å². The molecule has 3 N–H and O–H groups in total. The fraction of sp³-hybridized carbons (Fsp3) is 0.385. The van der Waals surface area contributed by atoms with Crippen molar-refractivity contribution < 1.29 is 24.2 Å². The molecule has 21 heavy (non-hydrogen) atoms. The molecule has 1 atom stereocenters. The second kappa shape index (κ2) is 6.31. The number of nitrogens with one attached hydrogen (secondary N) is 2. The summed E-state index contributed by atoms with van der Waals surface area (Å²) in [6.45, 7) is 0.259. The highest BCUT2D eigenvalue weighted by Crippen LogP contribution is 2.25. The van der Waals surface area contributed by atoms with Crippen LogP contribution in [0.15, 0.2) is 22.7 Å². The molecule has 0 bridgehead atoms. The number of hydrogen-bond acceptors (Lipinski definition) is 4. The van der Waals surface area contributed by atoms with Crippen LogP contribution in [-0.2, 0) is 9.53 Å². The van der Waals surface area contributed by atoms with Crippen LogP contribution in [0.4, 0.5) is 10.5 Å². The van der Waals surface area contributed by atoms with Gasteiger partial charge in [-0.05, 0) is 12.1 Å². The van der Waals surface area contributed by atoms with Gasteiger partial charge < -0.3 is 25.2 Å². The molecular formula is C13H15BrN2O5. The summed E-state index contributed by atoms with van der Waals surface area (Å²) in [5.41, 5.74) is -0.890. The zero-order valence-electron chi connectivity index (χ0n) is 11.3. The highest BCUT2D eigenvalue weighted by Gasteiger charge is 2.44. The zero-order valence-corrected chi connectivity index (χ0v) is 12.9. The third kappa shape index (κ3) is 3.64. The summed E-state index contributed by atoms with van der Waals surface area (Å²) in [4.78, 5) is 23.3. The maximum atomic E-state index is 12.0. The highest BCUT2D eigenvalue weighted by molar-refractivity contribution is 9.10. The maximum Gasteiger partial charge on any atom is 0.332 e. The number of amides is 2. The Bertz CT molecular complexity index is 557. The normalized spacial score (nSPS) is 20.9. The van der Waals surface area contributed by atoms with Crippen LogP contribution in [-0.4, -0.2) is 43.0 Å². The lowest BCUT2D eigenvalue weighted by molar-refractivity contribution is -0.144. The number of methoxy groups -OCH3 is 1. The van der Waals surface area contributed by atoms with Crippen LogP contribution in [0, 0.1) is 0 Å². The molecule has 0 aromatic heterocycles. The molecule has 2 rings (SSSR count). The Morgan fingerprint density at radius 3 is 2.76 bits per heavy atom. The third-order valence-electron chi connectivity index (χ3n) is 3.15. The maximum absolute atomic E-state index is 12.0. The van der Waals surface area contributed by atoms with Gasteiger partial charge in [0.05, 0.1) is 13.7 Å². The Morgan fingerprint density at radius 2 is 2.19 bits per heavy atom. The second-order valence-corrected chi connectivity index (χ2v) is 5.56. The Hall–Kier alpha value is -1.80. The molecule has 0 radical (unpaired) electrons. The Balaban J connectivity index is 2.08. The van der Waals surface area contributed by atoms with Gasteiger partial charge in [-0.15, -0.1) is 0 Å². The number of anilines is 1. The molecule has 0 aliphatic carbocycles. The van der Waals surface area contributed by atoms with E-state index in [-0.39, 0.29) is 13.0 Å². The molecule has 1 aromatic carbocycles. The first kappa shape index (κ1) is 15.6. The molecule has 0 saturated carbocycles. The van der Waals surface area contributed by atoms with E-state index < -0.39 is 17.5 Å². The number of ether oxygens (including phenoxy) is 2. The lowest BCUT2D eigenvalue weighted by Gasteiger charge is -2.23. The summed E-state index contributed by atoms with van der Waals surface area (Å²) >= 11 is 3.30. The van der Waals surface area contributed by atoms with Crippen LogP contribution in [0.3, 0.4) is 0 Å². The third-order valence-corrected chi connectivity index (χ3v) is 3.61. The number of carboxylic acid groups (broad SMARTS) is 1. The second-order valence-electron chi connectivity index (χ2n) is 4.65. The van der Waals surface area contributed by atoms with Crippen molar-refractivity contribution in [1.82, 2.24) is 5.32 Å². The molecule has 0 spiro atoms. The van der Waals surface area contributed by atoms with E-state index in [1.54, 1.807) is 18.2 Å². The fourth-order valence-corrected chi connectivity index (χ4v) is 2.49. The van der Waals surface area contributed by atoms with Gasteiger partial charge in [0, 0.05) is 29.3 Å². The molecule has 7 nitrogen and oxygen atoms in total. The lowest BCUT2D eigenvalue weighted by Crippen LogP contribution is -2.56. The van der Waals surface area contributed by atoms with Crippen LogP contribution in [0.25, 0.3) is 0 Å². The monoisotopic (exact) mass is 358 g/mol. The quantitative estimate of drug-likeness (QED) is 0.762. The molecule has 8 heteroatoms. The largest absolute Gasteiger partial charge is 0.497 e. The first-order valence-electron chi connectivity index (χ1n) is 6.20. The molecule has 1 aliphatic rings. The van der Waals surface area contributed by atoms with Crippen LogP contribution < -0.4 is 15.4 Å². The standard InChI is InChI=1S/C13H15BrN2O5/c1-20-10-5-8(14)4-9(6-10)15-12(19)16-13(11(17)18)2-3-21-7-13/h4-6H,2-3,7H2,1H3,(H,17,18)(H2,15,16,19). The van der Waals surface area contributed by atoms with E-state index in [9.17, 15) is 14.7 Å². The van der Waals surface area contributed by atoms with Gasteiger partial charge in [0.1, 0.15) is 5.75 Å². The Kier molecular flexibility index (Phi) is 4.69. The van der Waals surface area contributed by atoms with Crippen LogP contribution in [0.1, 0.15) is 6.42 Å². The van der Waals surface area contributed by atoms with Crippen molar-refractivity contribution in [3.63, 3.8) is 0 Å². The van der Waals surface area contributed by atoms with Gasteiger partial charge in [-0.2, -0.15) is 0 Å². The van der Waals surface area contributed by atoms with Gasteiger partial charge in [-0.3, -0.25) is 0 Å². The summed E-state index contributed by atoms with van der Waals surface area (Å²) in [5.74, 6) is -0.543. The van der Waals surface area contributed by atoms with Crippen LogP contribution >= 0.6 is 15.9 Å². The minimum absolute atomic E-state index is 0.0441. The lowest BCUT2D eigenvalue weighted by atomic mass is 9.99. The minimum Gasteiger partial charge on any atom is -0.497 e. The predicted molar refractivity (Wildman–Crippen MR) is 78.7 cm³/mol. The van der Waals surface area contributed by atoms with Gasteiger partial charge in [-0.25, -0.2) is 9.59 Å². The van der Waals surface area contributed by atoms with E-state index in [0.29, 0.717) is 18.0 Å². The molecule has 1 fully saturated rings. The number of hydrogen-bond donors (Lipinski definition) is 3. The molecule has 1 heterocycles. The van der Waals surface area contributed by atoms with E-state index in [1.807, 2.05) is 0 Å². The smallest absolute Gasteiger partial charge is 0.332 e. The molecule has 1 saturated heterocycles. The van der Waals surface area contributed by atoms with Crippen molar-refractivity contribution >= 4 is 33.6 Å². The average Bonchev–Trinajstić information content (AvgIpc) is 2.87. The van der Waals surface area contributed by atoms with Crippen molar-refractivity contribution in [2.24, 2.45) is 0 Å². The summed E-state index contributed by atoms with van der Waals surface area (Å²) in [5, 5.41) is 14.3. The van der Waals surface area contributed by atoms with E-state index in [4.69, 9.17) is 9.47 Å². The zero-order chi connectivity index (χ0) is 15.5. The van der Waals surface area contributed by atoms with E-state index in [2.05, 4.69) is 26.6 Å². The van der Waals surface area contributed by atoms with Crippen molar-refractivity contribution in [1.29, 1.82) is 0 Å². The van der Waals surface area contributed by atoms with Gasteiger partial charge in [0.2, 0.25) is 0 Å². The molecular weight excluding hydrogens is 344 g/mol. The molecule has 1 unspecified atom stereocenters. The number of halogens is 1. The van der Waals surface area contributed by atoms with Crippen molar-refractivity contribution in [2.45, 2.75) is 12.0 Å². The number of benzene rings is 1. The summed E-state index contributed by atoms with van der Waals surface area (Å²) in [6.07, 6.45) is 0.234.